The van der Waals surface area contributed by atoms with Crippen LogP contribution in [0.25, 0.3) is 22.5 Å². The number of hydrogen-bond acceptors (Lipinski definition) is 7. The molecule has 1 aliphatic rings. The van der Waals surface area contributed by atoms with E-state index < -0.39 is 0 Å². The smallest absolute Gasteiger partial charge is 0.237 e. The maximum absolute atomic E-state index is 13.1. The summed E-state index contributed by atoms with van der Waals surface area (Å²) < 4.78 is 10.6. The minimum absolute atomic E-state index is 0.0426. The van der Waals surface area contributed by atoms with Gasteiger partial charge < -0.3 is 14.4 Å². The minimum atomic E-state index is 0.0426. The molecule has 3 aromatic carbocycles. The van der Waals surface area contributed by atoms with E-state index >= 15 is 0 Å². The molecule has 0 spiro atoms. The average Bonchev–Trinajstić information content (AvgIpc) is 2.95. The predicted molar refractivity (Wildman–Crippen MR) is 142 cm³/mol. The van der Waals surface area contributed by atoms with Crippen LogP contribution in [-0.2, 0) is 11.2 Å². The molecule has 0 bridgehead atoms. The molecule has 1 amide bonds. The number of carbonyl (C=O) groups excluding carboxylic acids is 1. The van der Waals surface area contributed by atoms with E-state index in [1.165, 1.54) is 17.3 Å². The summed E-state index contributed by atoms with van der Waals surface area (Å²) in [4.78, 5) is 19.8. The van der Waals surface area contributed by atoms with Gasteiger partial charge in [-0.15, -0.1) is 10.2 Å². The summed E-state index contributed by atoms with van der Waals surface area (Å²) in [5.41, 5.74) is 5.32. The molecule has 0 unspecified atom stereocenters. The van der Waals surface area contributed by atoms with Crippen molar-refractivity contribution in [2.45, 2.75) is 18.0 Å². The lowest BCUT2D eigenvalue weighted by molar-refractivity contribution is -0.116. The highest BCUT2D eigenvalue weighted by Crippen LogP contribution is 2.32. The Kier molecular flexibility index (Phi) is 7.13. The molecule has 4 aromatic rings. The van der Waals surface area contributed by atoms with Crippen LogP contribution in [0.2, 0.25) is 0 Å². The van der Waals surface area contributed by atoms with Crippen LogP contribution in [0.1, 0.15) is 12.0 Å². The first-order valence-electron chi connectivity index (χ1n) is 11.7. The van der Waals surface area contributed by atoms with Gasteiger partial charge in [0.15, 0.2) is 0 Å². The van der Waals surface area contributed by atoms with Crippen molar-refractivity contribution in [1.29, 1.82) is 0 Å². The number of carbonyl (C=O) groups is 1. The largest absolute Gasteiger partial charge is 0.497 e. The van der Waals surface area contributed by atoms with Gasteiger partial charge in [0.2, 0.25) is 11.1 Å². The molecule has 182 valence electrons. The third kappa shape index (κ3) is 5.04. The Hall–Kier alpha value is -3.91. The molecule has 5 rings (SSSR count). The number of hydrogen-bond donors (Lipinski definition) is 0. The number of anilines is 1. The van der Waals surface area contributed by atoms with Crippen LogP contribution >= 0.6 is 11.8 Å². The number of benzene rings is 3. The van der Waals surface area contributed by atoms with E-state index in [1.807, 2.05) is 71.6 Å². The number of rotatable bonds is 7. The van der Waals surface area contributed by atoms with E-state index in [9.17, 15) is 4.79 Å². The molecule has 0 saturated heterocycles. The lowest BCUT2D eigenvalue weighted by Gasteiger charge is -2.29. The fourth-order valence-electron chi connectivity index (χ4n) is 4.26. The van der Waals surface area contributed by atoms with E-state index in [0.29, 0.717) is 16.5 Å². The maximum atomic E-state index is 13.1. The number of aromatic nitrogens is 3. The third-order valence-corrected chi connectivity index (χ3v) is 6.95. The van der Waals surface area contributed by atoms with Gasteiger partial charge in [-0.2, -0.15) is 0 Å². The van der Waals surface area contributed by atoms with Crippen molar-refractivity contribution in [3.63, 3.8) is 0 Å². The fraction of sp³-hybridized carbons (Fsp3) is 0.214. The average molecular weight is 499 g/mol. The molecule has 0 fully saturated rings. The number of aryl methyl sites for hydroxylation is 1. The summed E-state index contributed by atoms with van der Waals surface area (Å²) in [7, 11) is 3.27. The standard InChI is InChI=1S/C28H26N4O3S/c1-34-22-13-9-20(10-14-22)26-27(21-11-15-23(35-2)16-12-21)30-31-28(29-26)36-18-25(33)32-17-5-7-19-6-3-4-8-24(19)32/h3-4,6,8-16H,5,7,17-18H2,1-2H3. The van der Waals surface area contributed by atoms with Crippen LogP contribution in [0.3, 0.4) is 0 Å². The second-order valence-electron chi connectivity index (χ2n) is 8.31. The van der Waals surface area contributed by atoms with E-state index in [0.717, 1.165) is 47.7 Å². The van der Waals surface area contributed by atoms with Gasteiger partial charge in [-0.1, -0.05) is 30.0 Å². The second kappa shape index (κ2) is 10.8. The molecule has 8 heteroatoms. The van der Waals surface area contributed by atoms with Crippen molar-refractivity contribution >= 4 is 23.4 Å². The molecule has 0 saturated carbocycles. The van der Waals surface area contributed by atoms with Crippen molar-refractivity contribution in [1.82, 2.24) is 15.2 Å². The normalized spacial score (nSPS) is 12.7. The Bertz CT molecular complexity index is 1360. The second-order valence-corrected chi connectivity index (χ2v) is 9.26. The summed E-state index contributed by atoms with van der Waals surface area (Å²) >= 11 is 1.30. The number of thioether (sulfide) groups is 1. The zero-order chi connectivity index (χ0) is 24.9. The van der Waals surface area contributed by atoms with Crippen molar-refractivity contribution in [2.24, 2.45) is 0 Å². The fourth-order valence-corrected chi connectivity index (χ4v) is 4.93. The highest BCUT2D eigenvalue weighted by atomic mass is 32.2. The summed E-state index contributed by atoms with van der Waals surface area (Å²) in [5, 5.41) is 9.33. The Balaban J connectivity index is 1.42. The van der Waals surface area contributed by atoms with Crippen molar-refractivity contribution in [3.8, 4) is 34.0 Å². The highest BCUT2D eigenvalue weighted by molar-refractivity contribution is 7.99. The zero-order valence-corrected chi connectivity index (χ0v) is 21.0. The first-order chi connectivity index (χ1) is 17.7. The topological polar surface area (TPSA) is 77.4 Å². The molecule has 0 N–H and O–H groups in total. The highest BCUT2D eigenvalue weighted by Gasteiger charge is 2.23. The lowest BCUT2D eigenvalue weighted by atomic mass is 10.0. The SMILES string of the molecule is COc1ccc(-c2nnc(SCC(=O)N3CCCc4ccccc43)nc2-c2ccc(OC)cc2)cc1. The monoisotopic (exact) mass is 498 g/mol. The van der Waals surface area contributed by atoms with E-state index in [-0.39, 0.29) is 11.7 Å². The molecule has 2 heterocycles. The Morgan fingerprint density at radius 3 is 2.17 bits per heavy atom. The first-order valence-corrected chi connectivity index (χ1v) is 12.7. The van der Waals surface area contributed by atoms with Gasteiger partial charge in [-0.25, -0.2) is 4.98 Å². The van der Waals surface area contributed by atoms with Crippen LogP contribution in [0.4, 0.5) is 5.69 Å². The molecule has 0 atom stereocenters. The van der Waals surface area contributed by atoms with Crippen LogP contribution < -0.4 is 14.4 Å². The Labute approximate surface area is 214 Å². The van der Waals surface area contributed by atoms with Crippen molar-refractivity contribution in [2.75, 3.05) is 31.4 Å². The number of methoxy groups -OCH3 is 2. The van der Waals surface area contributed by atoms with E-state index in [4.69, 9.17) is 14.5 Å². The van der Waals surface area contributed by atoms with Gasteiger partial charge in [0.25, 0.3) is 0 Å². The predicted octanol–water partition coefficient (Wildman–Crippen LogP) is 5.29. The van der Waals surface area contributed by atoms with E-state index in [1.54, 1.807) is 14.2 Å². The number of amides is 1. The van der Waals surface area contributed by atoms with Crippen LogP contribution in [0.15, 0.2) is 78.0 Å². The molecule has 36 heavy (non-hydrogen) atoms. The number of nitrogens with zero attached hydrogens (tertiary/aromatic N) is 4. The van der Waals surface area contributed by atoms with Crippen LogP contribution in [-0.4, -0.2) is 47.6 Å². The first kappa shape index (κ1) is 23.8. The van der Waals surface area contributed by atoms with Gasteiger partial charge in [0.05, 0.1) is 20.0 Å². The summed E-state index contributed by atoms with van der Waals surface area (Å²) in [6, 6.07) is 23.4. The van der Waals surface area contributed by atoms with Crippen molar-refractivity contribution < 1.29 is 14.3 Å². The molecule has 1 aromatic heterocycles. The maximum Gasteiger partial charge on any atom is 0.237 e. The van der Waals surface area contributed by atoms with Gasteiger partial charge in [0, 0.05) is 23.4 Å². The summed E-state index contributed by atoms with van der Waals surface area (Å²) in [6.45, 7) is 0.725. The lowest BCUT2D eigenvalue weighted by Crippen LogP contribution is -2.36. The Morgan fingerprint density at radius 1 is 0.861 bits per heavy atom. The number of ether oxygens (including phenoxy) is 2. The molecule has 7 nitrogen and oxygen atoms in total. The van der Waals surface area contributed by atoms with Crippen LogP contribution in [0.5, 0.6) is 11.5 Å². The molecule has 1 aliphatic heterocycles. The van der Waals surface area contributed by atoms with Crippen LogP contribution in [0, 0.1) is 0 Å². The van der Waals surface area contributed by atoms with E-state index in [2.05, 4.69) is 16.3 Å². The molecule has 0 aliphatic carbocycles. The van der Waals surface area contributed by atoms with Gasteiger partial charge >= 0.3 is 0 Å². The molecular formula is C28H26N4O3S. The zero-order valence-electron chi connectivity index (χ0n) is 20.2. The third-order valence-electron chi connectivity index (χ3n) is 6.13. The van der Waals surface area contributed by atoms with Gasteiger partial charge in [-0.05, 0) is 73.0 Å². The molecular weight excluding hydrogens is 472 g/mol. The summed E-state index contributed by atoms with van der Waals surface area (Å²) in [6.07, 6.45) is 1.96. The van der Waals surface area contributed by atoms with Crippen molar-refractivity contribution in [3.05, 3.63) is 78.4 Å². The number of para-hydroxylation sites is 1. The molecule has 0 radical (unpaired) electrons. The number of fused-ring (bicyclic) bond motifs is 1. The van der Waals surface area contributed by atoms with Gasteiger partial charge in [-0.3, -0.25) is 4.79 Å². The quantitative estimate of drug-likeness (QED) is 0.320. The summed E-state index contributed by atoms with van der Waals surface area (Å²) in [5.74, 6) is 1.80. The minimum Gasteiger partial charge on any atom is -0.497 e. The van der Waals surface area contributed by atoms with Gasteiger partial charge in [0.1, 0.15) is 22.9 Å². The Morgan fingerprint density at radius 2 is 1.50 bits per heavy atom.